The third kappa shape index (κ3) is 4.42. The van der Waals surface area contributed by atoms with Crippen molar-refractivity contribution in [2.75, 3.05) is 45.3 Å². The van der Waals surface area contributed by atoms with Gasteiger partial charge in [-0.2, -0.15) is 0 Å². The number of nitrogens with zero attached hydrogens (tertiary/aromatic N) is 2. The highest BCUT2D eigenvalue weighted by Crippen LogP contribution is 2.25. The van der Waals surface area contributed by atoms with Crippen LogP contribution < -0.4 is 20.0 Å². The summed E-state index contributed by atoms with van der Waals surface area (Å²) in [7, 11) is 3.22. The molecule has 32 heavy (non-hydrogen) atoms. The Kier molecular flexibility index (Phi) is 6.35. The van der Waals surface area contributed by atoms with Gasteiger partial charge in [0.15, 0.2) is 0 Å². The number of ether oxygens (including phenoxy) is 2. The molecule has 1 aliphatic rings. The van der Waals surface area contributed by atoms with E-state index in [1.807, 2.05) is 48.2 Å². The lowest BCUT2D eigenvalue weighted by Gasteiger charge is -2.36. The molecule has 7 nitrogen and oxygen atoms in total. The lowest BCUT2D eigenvalue weighted by atomic mass is 10.0. The summed E-state index contributed by atoms with van der Waals surface area (Å²) in [5, 5.41) is 0.862. The molecule has 1 aromatic heterocycles. The van der Waals surface area contributed by atoms with E-state index in [-0.39, 0.29) is 18.0 Å². The van der Waals surface area contributed by atoms with Crippen molar-refractivity contribution in [2.45, 2.75) is 19.8 Å². The molecule has 0 bridgehead atoms. The first-order valence-electron chi connectivity index (χ1n) is 10.8. The number of methoxy groups -OCH3 is 2. The Morgan fingerprint density at radius 1 is 0.969 bits per heavy atom. The number of aryl methyl sites for hydroxylation is 1. The monoisotopic (exact) mass is 436 g/mol. The first-order valence-corrected chi connectivity index (χ1v) is 10.8. The van der Waals surface area contributed by atoms with Crippen molar-refractivity contribution in [2.24, 2.45) is 0 Å². The number of carbonyl (C=O) groups is 1. The zero-order valence-corrected chi connectivity index (χ0v) is 18.7. The number of rotatable bonds is 6. The zero-order valence-electron chi connectivity index (χ0n) is 18.7. The molecule has 0 spiro atoms. The van der Waals surface area contributed by atoms with Crippen LogP contribution in [0, 0.1) is 6.92 Å². The van der Waals surface area contributed by atoms with Gasteiger partial charge in [-0.05, 0) is 55.3 Å². The Labute approximate surface area is 187 Å². The van der Waals surface area contributed by atoms with Gasteiger partial charge in [-0.1, -0.05) is 0 Å². The van der Waals surface area contributed by atoms with Crippen molar-refractivity contribution >= 4 is 22.6 Å². The van der Waals surface area contributed by atoms with Gasteiger partial charge in [0, 0.05) is 55.3 Å². The molecule has 2 aromatic carbocycles. The third-order valence-corrected chi connectivity index (χ3v) is 6.15. The molecule has 0 unspecified atom stereocenters. The maximum atomic E-state index is 12.8. The molecule has 0 radical (unpaired) electrons. The average Bonchev–Trinajstić information content (AvgIpc) is 2.83. The van der Waals surface area contributed by atoms with Crippen molar-refractivity contribution in [3.63, 3.8) is 0 Å². The first kappa shape index (κ1) is 21.7. The molecular weight excluding hydrogens is 408 g/mol. The topological polar surface area (TPSA) is 72.2 Å². The number of carbonyl (C=O) groups excluding carboxylic acids is 1. The Morgan fingerprint density at radius 2 is 1.62 bits per heavy atom. The first-order chi connectivity index (χ1) is 15.5. The Bertz CT molecular complexity index is 1160. The van der Waals surface area contributed by atoms with Crippen LogP contribution in [0.15, 0.2) is 51.7 Å². The lowest BCUT2D eigenvalue weighted by molar-refractivity contribution is -0.131. The number of anilines is 1. The van der Waals surface area contributed by atoms with E-state index in [4.69, 9.17) is 13.9 Å². The van der Waals surface area contributed by atoms with Crippen LogP contribution in [-0.2, 0) is 11.2 Å². The van der Waals surface area contributed by atoms with E-state index in [9.17, 15) is 9.59 Å². The SMILES string of the molecule is COc1ccc(N2CCN(C(=O)CCc3c(C)c4ccc(OC)cc4oc3=O)CC2)cc1. The molecular formula is C25H28N2O5. The Morgan fingerprint density at radius 3 is 2.28 bits per heavy atom. The Hall–Kier alpha value is -3.48. The van der Waals surface area contributed by atoms with Crippen molar-refractivity contribution in [1.82, 2.24) is 4.90 Å². The second-order valence-corrected chi connectivity index (χ2v) is 7.92. The van der Waals surface area contributed by atoms with E-state index in [0.717, 1.165) is 35.5 Å². The summed E-state index contributed by atoms with van der Waals surface area (Å²) >= 11 is 0. The van der Waals surface area contributed by atoms with Crippen LogP contribution in [0.25, 0.3) is 11.0 Å². The quantitative estimate of drug-likeness (QED) is 0.552. The lowest BCUT2D eigenvalue weighted by Crippen LogP contribution is -2.48. The van der Waals surface area contributed by atoms with Crippen LogP contribution in [0.3, 0.4) is 0 Å². The minimum absolute atomic E-state index is 0.0630. The summed E-state index contributed by atoms with van der Waals surface area (Å²) in [6.07, 6.45) is 0.656. The summed E-state index contributed by atoms with van der Waals surface area (Å²) in [6.45, 7) is 4.78. The normalized spacial score (nSPS) is 14.0. The van der Waals surface area contributed by atoms with Crippen LogP contribution in [0.2, 0.25) is 0 Å². The van der Waals surface area contributed by atoms with Crippen molar-refractivity contribution in [3.8, 4) is 11.5 Å². The van der Waals surface area contributed by atoms with Crippen LogP contribution in [-0.4, -0.2) is 51.2 Å². The third-order valence-electron chi connectivity index (χ3n) is 6.15. The predicted molar refractivity (Wildman–Crippen MR) is 124 cm³/mol. The highest BCUT2D eigenvalue weighted by molar-refractivity contribution is 5.83. The molecule has 0 saturated carbocycles. The number of fused-ring (bicyclic) bond motifs is 1. The molecule has 168 valence electrons. The van der Waals surface area contributed by atoms with Gasteiger partial charge in [0.05, 0.1) is 14.2 Å². The number of benzene rings is 2. The fourth-order valence-electron chi connectivity index (χ4n) is 4.19. The van der Waals surface area contributed by atoms with E-state index in [2.05, 4.69) is 4.90 Å². The molecule has 1 fully saturated rings. The van der Waals surface area contributed by atoms with Gasteiger partial charge in [0.25, 0.3) is 0 Å². The molecule has 0 N–H and O–H groups in total. The van der Waals surface area contributed by atoms with E-state index in [0.29, 0.717) is 36.4 Å². The maximum absolute atomic E-state index is 12.8. The average molecular weight is 437 g/mol. The molecule has 2 heterocycles. The van der Waals surface area contributed by atoms with E-state index in [1.165, 1.54) is 0 Å². The molecule has 4 rings (SSSR count). The van der Waals surface area contributed by atoms with Gasteiger partial charge in [-0.3, -0.25) is 4.79 Å². The molecule has 7 heteroatoms. The molecule has 0 atom stereocenters. The van der Waals surface area contributed by atoms with E-state index in [1.54, 1.807) is 20.3 Å². The smallest absolute Gasteiger partial charge is 0.339 e. The van der Waals surface area contributed by atoms with Gasteiger partial charge in [0.2, 0.25) is 5.91 Å². The highest BCUT2D eigenvalue weighted by atomic mass is 16.5. The number of piperazine rings is 1. The van der Waals surface area contributed by atoms with E-state index >= 15 is 0 Å². The van der Waals surface area contributed by atoms with Gasteiger partial charge in [-0.25, -0.2) is 4.79 Å². The van der Waals surface area contributed by atoms with Crippen LogP contribution in [0.4, 0.5) is 5.69 Å². The summed E-state index contributed by atoms with van der Waals surface area (Å²) < 4.78 is 15.9. The van der Waals surface area contributed by atoms with Crippen molar-refractivity contribution < 1.29 is 18.7 Å². The van der Waals surface area contributed by atoms with Crippen molar-refractivity contribution in [3.05, 3.63) is 64.0 Å². The predicted octanol–water partition coefficient (Wildman–Crippen LogP) is 3.40. The van der Waals surface area contributed by atoms with Gasteiger partial charge < -0.3 is 23.7 Å². The Balaban J connectivity index is 1.38. The number of amides is 1. The van der Waals surface area contributed by atoms with Crippen LogP contribution in [0.5, 0.6) is 11.5 Å². The minimum Gasteiger partial charge on any atom is -0.497 e. The van der Waals surface area contributed by atoms with Crippen molar-refractivity contribution in [1.29, 1.82) is 0 Å². The summed E-state index contributed by atoms with van der Waals surface area (Å²) in [5.41, 5.74) is 2.65. The zero-order chi connectivity index (χ0) is 22.7. The van der Waals surface area contributed by atoms with Gasteiger partial charge in [-0.15, -0.1) is 0 Å². The van der Waals surface area contributed by atoms with Crippen LogP contribution >= 0.6 is 0 Å². The summed E-state index contributed by atoms with van der Waals surface area (Å²) in [4.78, 5) is 29.5. The molecule has 1 aliphatic heterocycles. The van der Waals surface area contributed by atoms with Crippen LogP contribution in [0.1, 0.15) is 17.5 Å². The maximum Gasteiger partial charge on any atom is 0.339 e. The highest BCUT2D eigenvalue weighted by Gasteiger charge is 2.22. The number of hydrogen-bond acceptors (Lipinski definition) is 6. The molecule has 3 aromatic rings. The van der Waals surface area contributed by atoms with Gasteiger partial charge >= 0.3 is 5.63 Å². The number of hydrogen-bond donors (Lipinski definition) is 0. The molecule has 1 saturated heterocycles. The van der Waals surface area contributed by atoms with Gasteiger partial charge in [0.1, 0.15) is 17.1 Å². The second kappa shape index (κ2) is 9.34. The van der Waals surface area contributed by atoms with E-state index < -0.39 is 0 Å². The summed E-state index contributed by atoms with van der Waals surface area (Å²) in [6, 6.07) is 13.4. The fourth-order valence-corrected chi connectivity index (χ4v) is 4.19. The standard InChI is InChI=1S/C25H28N2O5/c1-17-21-9-8-20(31-3)16-23(21)32-25(29)22(17)10-11-24(28)27-14-12-26(13-15-27)18-4-6-19(30-2)7-5-18/h4-9,16H,10-15H2,1-3H3. The largest absolute Gasteiger partial charge is 0.497 e. The summed E-state index contributed by atoms with van der Waals surface area (Å²) in [5.74, 6) is 1.53. The molecule has 1 amide bonds. The fraction of sp³-hybridized carbons (Fsp3) is 0.360. The molecule has 0 aliphatic carbocycles. The minimum atomic E-state index is -0.389. The second-order valence-electron chi connectivity index (χ2n) is 7.92.